The Morgan fingerprint density at radius 3 is 2.00 bits per heavy atom. The molecular formula is C12H20O3. The van der Waals surface area contributed by atoms with Gasteiger partial charge in [0.05, 0.1) is 0 Å². The molecule has 15 heavy (non-hydrogen) atoms. The molecule has 86 valence electrons. The number of carboxylic acids is 1. The van der Waals surface area contributed by atoms with Gasteiger partial charge in [-0.2, -0.15) is 0 Å². The number of hydrogen-bond donors (Lipinski definition) is 1. The fourth-order valence-electron chi connectivity index (χ4n) is 1.38. The van der Waals surface area contributed by atoms with Gasteiger partial charge in [-0.3, -0.25) is 0 Å². The molecule has 1 N–H and O–H groups in total. The molecule has 0 saturated heterocycles. The van der Waals surface area contributed by atoms with Crippen molar-refractivity contribution in [3.05, 3.63) is 12.2 Å². The number of carboxylic acid groups (broad SMARTS) is 1. The van der Waals surface area contributed by atoms with E-state index in [1.54, 1.807) is 6.08 Å². The fourth-order valence-corrected chi connectivity index (χ4v) is 1.38. The average molecular weight is 212 g/mol. The minimum atomic E-state index is -0.871. The maximum atomic E-state index is 10.1. The van der Waals surface area contributed by atoms with E-state index in [0.717, 1.165) is 38.4 Å². The molecule has 0 amide bonds. The van der Waals surface area contributed by atoms with Crippen molar-refractivity contribution in [2.24, 2.45) is 0 Å². The van der Waals surface area contributed by atoms with Crippen LogP contribution in [0.15, 0.2) is 12.2 Å². The third-order valence-electron chi connectivity index (χ3n) is 2.20. The first-order valence-electron chi connectivity index (χ1n) is 5.60. The molecule has 3 nitrogen and oxygen atoms in total. The molecule has 0 spiro atoms. The Hall–Kier alpha value is -1.12. The van der Waals surface area contributed by atoms with E-state index in [1.807, 2.05) is 0 Å². The number of rotatable bonds is 10. The highest BCUT2D eigenvalue weighted by Crippen LogP contribution is 2.08. The van der Waals surface area contributed by atoms with Crippen molar-refractivity contribution in [3.63, 3.8) is 0 Å². The number of unbranched alkanes of at least 4 members (excludes halogenated alkanes) is 7. The normalized spacial score (nSPS) is 10.7. The largest absolute Gasteiger partial charge is 0.478 e. The van der Waals surface area contributed by atoms with Crippen LogP contribution in [0.25, 0.3) is 0 Å². The van der Waals surface area contributed by atoms with Gasteiger partial charge in [0.1, 0.15) is 6.29 Å². The van der Waals surface area contributed by atoms with Gasteiger partial charge >= 0.3 is 5.97 Å². The molecule has 0 unspecified atom stereocenters. The molecule has 0 aromatic rings. The number of carbonyl (C=O) groups is 2. The summed E-state index contributed by atoms with van der Waals surface area (Å²) in [5.74, 6) is -0.871. The van der Waals surface area contributed by atoms with Crippen LogP contribution in [-0.2, 0) is 9.59 Å². The van der Waals surface area contributed by atoms with Gasteiger partial charge in [-0.15, -0.1) is 0 Å². The van der Waals surface area contributed by atoms with Gasteiger partial charge in [-0.05, 0) is 19.3 Å². The molecule has 0 fully saturated rings. The third-order valence-corrected chi connectivity index (χ3v) is 2.20. The first kappa shape index (κ1) is 13.9. The molecule has 0 aliphatic carbocycles. The van der Waals surface area contributed by atoms with E-state index in [2.05, 4.69) is 0 Å². The fraction of sp³-hybridized carbons (Fsp3) is 0.667. The number of aliphatic carboxylic acids is 1. The van der Waals surface area contributed by atoms with Crippen LogP contribution in [0.3, 0.4) is 0 Å². The number of allylic oxidation sites excluding steroid dienone is 1. The number of carbonyl (C=O) groups excluding carboxylic acids is 1. The summed E-state index contributed by atoms with van der Waals surface area (Å²) in [5.41, 5.74) is 0. The van der Waals surface area contributed by atoms with E-state index in [-0.39, 0.29) is 0 Å². The first-order valence-corrected chi connectivity index (χ1v) is 5.60. The zero-order chi connectivity index (χ0) is 11.4. The van der Waals surface area contributed by atoms with E-state index in [9.17, 15) is 9.59 Å². The van der Waals surface area contributed by atoms with E-state index in [4.69, 9.17) is 5.11 Å². The second-order valence-corrected chi connectivity index (χ2v) is 3.61. The molecule has 0 heterocycles. The van der Waals surface area contributed by atoms with Gasteiger partial charge < -0.3 is 9.90 Å². The quantitative estimate of drug-likeness (QED) is 0.344. The van der Waals surface area contributed by atoms with Crippen LogP contribution < -0.4 is 0 Å². The Labute approximate surface area is 91.2 Å². The Balaban J connectivity index is 3.05. The zero-order valence-electron chi connectivity index (χ0n) is 9.15. The van der Waals surface area contributed by atoms with Crippen LogP contribution in [0.1, 0.15) is 51.4 Å². The summed E-state index contributed by atoms with van der Waals surface area (Å²) in [6.07, 6.45) is 12.1. The lowest BCUT2D eigenvalue weighted by Gasteiger charge is -1.98. The van der Waals surface area contributed by atoms with E-state index in [1.165, 1.54) is 18.9 Å². The lowest BCUT2D eigenvalue weighted by atomic mass is 10.1. The van der Waals surface area contributed by atoms with Crippen molar-refractivity contribution in [3.8, 4) is 0 Å². The van der Waals surface area contributed by atoms with Crippen molar-refractivity contribution in [2.75, 3.05) is 0 Å². The first-order chi connectivity index (χ1) is 7.27. The molecule has 0 aliphatic heterocycles. The van der Waals surface area contributed by atoms with Crippen LogP contribution in [0.5, 0.6) is 0 Å². The lowest BCUT2D eigenvalue weighted by Crippen LogP contribution is -1.85. The molecule has 0 saturated carbocycles. The molecule has 0 aliphatic rings. The van der Waals surface area contributed by atoms with Gasteiger partial charge in [0, 0.05) is 12.5 Å². The molecule has 0 rings (SSSR count). The van der Waals surface area contributed by atoms with Crippen LogP contribution in [0, 0.1) is 0 Å². The molecule has 0 aromatic carbocycles. The third kappa shape index (κ3) is 12.9. The van der Waals surface area contributed by atoms with Crippen LogP contribution >= 0.6 is 0 Å². The summed E-state index contributed by atoms with van der Waals surface area (Å²) in [6, 6.07) is 0. The van der Waals surface area contributed by atoms with Crippen LogP contribution in [-0.4, -0.2) is 17.4 Å². The summed E-state index contributed by atoms with van der Waals surface area (Å²) < 4.78 is 0. The van der Waals surface area contributed by atoms with Crippen LogP contribution in [0.2, 0.25) is 0 Å². The highest BCUT2D eigenvalue weighted by atomic mass is 16.4. The Morgan fingerprint density at radius 1 is 0.933 bits per heavy atom. The second kappa shape index (κ2) is 11.0. The standard InChI is InChI=1S/C12H20O3/c13-11-9-7-5-3-1-2-4-6-8-10-12(14)15/h8,10-11H,1-7,9H2,(H,14,15). The van der Waals surface area contributed by atoms with Crippen molar-refractivity contribution >= 4 is 12.3 Å². The zero-order valence-corrected chi connectivity index (χ0v) is 9.15. The van der Waals surface area contributed by atoms with Gasteiger partial charge in [0.2, 0.25) is 0 Å². The predicted molar refractivity (Wildman–Crippen MR) is 59.8 cm³/mol. The monoisotopic (exact) mass is 212 g/mol. The van der Waals surface area contributed by atoms with Gasteiger partial charge in [0.25, 0.3) is 0 Å². The van der Waals surface area contributed by atoms with Gasteiger partial charge in [-0.25, -0.2) is 4.79 Å². The minimum absolute atomic E-state index is 0.682. The predicted octanol–water partition coefficient (Wildman–Crippen LogP) is 2.95. The molecular weight excluding hydrogens is 192 g/mol. The summed E-state index contributed by atoms with van der Waals surface area (Å²) >= 11 is 0. The summed E-state index contributed by atoms with van der Waals surface area (Å²) in [6.45, 7) is 0. The summed E-state index contributed by atoms with van der Waals surface area (Å²) in [7, 11) is 0. The second-order valence-electron chi connectivity index (χ2n) is 3.61. The minimum Gasteiger partial charge on any atom is -0.478 e. The maximum absolute atomic E-state index is 10.1. The van der Waals surface area contributed by atoms with E-state index < -0.39 is 5.97 Å². The average Bonchev–Trinajstić information content (AvgIpc) is 2.20. The van der Waals surface area contributed by atoms with Crippen molar-refractivity contribution in [1.82, 2.24) is 0 Å². The molecule has 0 aromatic heterocycles. The smallest absolute Gasteiger partial charge is 0.327 e. The number of hydrogen-bond acceptors (Lipinski definition) is 2. The SMILES string of the molecule is O=CCCCCCCCCC=CC(=O)O. The summed E-state index contributed by atoms with van der Waals surface area (Å²) in [5, 5.41) is 8.32. The summed E-state index contributed by atoms with van der Waals surface area (Å²) in [4.78, 5) is 20.1. The molecule has 3 heteroatoms. The van der Waals surface area contributed by atoms with Gasteiger partial charge in [-0.1, -0.05) is 31.8 Å². The Morgan fingerprint density at radius 2 is 1.47 bits per heavy atom. The van der Waals surface area contributed by atoms with E-state index in [0.29, 0.717) is 6.42 Å². The Kier molecular flexibility index (Phi) is 10.1. The van der Waals surface area contributed by atoms with Gasteiger partial charge in [0.15, 0.2) is 0 Å². The lowest BCUT2D eigenvalue weighted by molar-refractivity contribution is -0.131. The maximum Gasteiger partial charge on any atom is 0.327 e. The molecule has 0 radical (unpaired) electrons. The topological polar surface area (TPSA) is 54.4 Å². The highest BCUT2D eigenvalue weighted by Gasteiger charge is 1.91. The van der Waals surface area contributed by atoms with E-state index >= 15 is 0 Å². The molecule has 0 atom stereocenters. The van der Waals surface area contributed by atoms with Crippen molar-refractivity contribution in [1.29, 1.82) is 0 Å². The van der Waals surface area contributed by atoms with Crippen molar-refractivity contribution in [2.45, 2.75) is 51.4 Å². The highest BCUT2D eigenvalue weighted by molar-refractivity contribution is 5.79. The Bertz CT molecular complexity index is 197. The van der Waals surface area contributed by atoms with Crippen molar-refractivity contribution < 1.29 is 14.7 Å². The van der Waals surface area contributed by atoms with Crippen LogP contribution in [0.4, 0.5) is 0 Å². The number of aldehydes is 1. The molecule has 0 bridgehead atoms.